The first-order chi connectivity index (χ1) is 14.1. The summed E-state index contributed by atoms with van der Waals surface area (Å²) in [5.41, 5.74) is 2.85. The Morgan fingerprint density at radius 1 is 1.20 bits per heavy atom. The van der Waals surface area contributed by atoms with Gasteiger partial charge in [-0.15, -0.1) is 0 Å². The first kappa shape index (κ1) is 22.0. The molecule has 7 nitrogen and oxygen atoms in total. The van der Waals surface area contributed by atoms with E-state index in [-0.39, 0.29) is 16.7 Å². The molecule has 158 valence electrons. The number of hydrogen-bond donors (Lipinski definition) is 2. The number of nitrogens with two attached hydrogens (primary N) is 1. The standard InChI is InChI=1S/C21H23ClN4O3S/c1-4-14-5-8-16(11-19(14)30(23,28)29)25-21(27)18-12-24-26(20(18)13(2)3)17-9-6-15(22)7-10-17/h5-13H,4H2,1-3H3,(H,25,27)(H2,23,28,29). The highest BCUT2D eigenvalue weighted by Crippen LogP contribution is 2.26. The molecule has 0 saturated carbocycles. The molecule has 0 aliphatic heterocycles. The number of nitrogens with one attached hydrogen (secondary N) is 1. The van der Waals surface area contributed by atoms with Gasteiger partial charge in [0.05, 0.1) is 28.0 Å². The average Bonchev–Trinajstić information content (AvgIpc) is 3.13. The summed E-state index contributed by atoms with van der Waals surface area (Å²) in [5.74, 6) is -0.380. The molecule has 0 saturated heterocycles. The highest BCUT2D eigenvalue weighted by molar-refractivity contribution is 7.89. The molecule has 0 fully saturated rings. The smallest absolute Gasteiger partial charge is 0.259 e. The number of anilines is 1. The Morgan fingerprint density at radius 2 is 1.87 bits per heavy atom. The van der Waals surface area contributed by atoms with Crippen LogP contribution in [0.15, 0.2) is 53.6 Å². The molecule has 0 bridgehead atoms. The maximum atomic E-state index is 13.0. The number of nitrogens with zero attached hydrogens (tertiary/aromatic N) is 2. The molecule has 0 spiro atoms. The van der Waals surface area contributed by atoms with E-state index in [0.29, 0.717) is 28.3 Å². The zero-order valence-electron chi connectivity index (χ0n) is 16.9. The van der Waals surface area contributed by atoms with Gasteiger partial charge in [-0.2, -0.15) is 5.10 Å². The van der Waals surface area contributed by atoms with Gasteiger partial charge in [0.1, 0.15) is 0 Å². The summed E-state index contributed by atoms with van der Waals surface area (Å²) in [6, 6.07) is 11.8. The summed E-state index contributed by atoms with van der Waals surface area (Å²) >= 11 is 5.97. The van der Waals surface area contributed by atoms with Gasteiger partial charge in [0.2, 0.25) is 10.0 Å². The lowest BCUT2D eigenvalue weighted by Crippen LogP contribution is -2.17. The molecule has 0 unspecified atom stereocenters. The van der Waals surface area contributed by atoms with Crippen LogP contribution < -0.4 is 10.5 Å². The van der Waals surface area contributed by atoms with Crippen LogP contribution in [-0.2, 0) is 16.4 Å². The minimum atomic E-state index is -3.90. The Kier molecular flexibility index (Phi) is 6.30. The van der Waals surface area contributed by atoms with Gasteiger partial charge in [-0.1, -0.05) is 38.4 Å². The normalized spacial score (nSPS) is 11.7. The number of hydrogen-bond acceptors (Lipinski definition) is 4. The van der Waals surface area contributed by atoms with Gasteiger partial charge in [-0.3, -0.25) is 4.79 Å². The van der Waals surface area contributed by atoms with Crippen molar-refractivity contribution in [2.75, 3.05) is 5.32 Å². The monoisotopic (exact) mass is 446 g/mol. The number of carbonyl (C=O) groups is 1. The third-order valence-corrected chi connectivity index (χ3v) is 5.93. The summed E-state index contributed by atoms with van der Waals surface area (Å²) in [5, 5.41) is 13.1. The van der Waals surface area contributed by atoms with E-state index in [1.165, 1.54) is 12.3 Å². The predicted octanol–water partition coefficient (Wildman–Crippen LogP) is 4.11. The molecule has 9 heteroatoms. The van der Waals surface area contributed by atoms with E-state index in [2.05, 4.69) is 10.4 Å². The minimum Gasteiger partial charge on any atom is -0.322 e. The highest BCUT2D eigenvalue weighted by atomic mass is 35.5. The summed E-state index contributed by atoms with van der Waals surface area (Å²) in [6.45, 7) is 5.77. The van der Waals surface area contributed by atoms with E-state index in [1.54, 1.807) is 28.9 Å². The van der Waals surface area contributed by atoms with Crippen molar-refractivity contribution in [2.24, 2.45) is 5.14 Å². The van der Waals surface area contributed by atoms with Crippen LogP contribution in [0.3, 0.4) is 0 Å². The number of halogens is 1. The third kappa shape index (κ3) is 4.56. The molecule has 3 N–H and O–H groups in total. The van der Waals surface area contributed by atoms with Gasteiger partial charge in [0.25, 0.3) is 5.91 Å². The van der Waals surface area contributed by atoms with Crippen molar-refractivity contribution in [1.82, 2.24) is 9.78 Å². The zero-order chi connectivity index (χ0) is 22.1. The molecule has 1 amide bonds. The molecule has 3 rings (SSSR count). The molecule has 0 radical (unpaired) electrons. The van der Waals surface area contributed by atoms with E-state index in [9.17, 15) is 13.2 Å². The third-order valence-electron chi connectivity index (χ3n) is 4.68. The lowest BCUT2D eigenvalue weighted by atomic mass is 10.0. The summed E-state index contributed by atoms with van der Waals surface area (Å²) in [6.07, 6.45) is 2.01. The lowest BCUT2D eigenvalue weighted by Gasteiger charge is -2.14. The number of carbonyl (C=O) groups excluding carboxylic acids is 1. The lowest BCUT2D eigenvalue weighted by molar-refractivity contribution is 0.102. The van der Waals surface area contributed by atoms with Crippen LogP contribution in [0.4, 0.5) is 5.69 Å². The topological polar surface area (TPSA) is 107 Å². The second-order valence-corrected chi connectivity index (χ2v) is 9.13. The van der Waals surface area contributed by atoms with Crippen LogP contribution in [0.25, 0.3) is 5.69 Å². The van der Waals surface area contributed by atoms with Crippen LogP contribution in [0.1, 0.15) is 48.3 Å². The van der Waals surface area contributed by atoms with E-state index in [1.807, 2.05) is 32.9 Å². The Labute approximate surface area is 180 Å². The molecule has 3 aromatic rings. The summed E-state index contributed by atoms with van der Waals surface area (Å²) in [7, 11) is -3.90. The Morgan fingerprint density at radius 3 is 2.43 bits per heavy atom. The summed E-state index contributed by atoms with van der Waals surface area (Å²) in [4.78, 5) is 13.0. The van der Waals surface area contributed by atoms with Crippen molar-refractivity contribution in [1.29, 1.82) is 0 Å². The van der Waals surface area contributed by atoms with Gasteiger partial charge in [-0.25, -0.2) is 18.2 Å². The van der Waals surface area contributed by atoms with Gasteiger partial charge in [-0.05, 0) is 54.3 Å². The van der Waals surface area contributed by atoms with E-state index < -0.39 is 10.0 Å². The first-order valence-electron chi connectivity index (χ1n) is 9.42. The van der Waals surface area contributed by atoms with Crippen LogP contribution in [0.5, 0.6) is 0 Å². The fourth-order valence-corrected chi connectivity index (χ4v) is 4.26. The van der Waals surface area contributed by atoms with Gasteiger partial charge in [0.15, 0.2) is 0 Å². The van der Waals surface area contributed by atoms with Crippen molar-refractivity contribution in [3.8, 4) is 5.69 Å². The number of sulfonamides is 1. The number of rotatable bonds is 6. The largest absolute Gasteiger partial charge is 0.322 e. The van der Waals surface area contributed by atoms with Crippen LogP contribution in [-0.4, -0.2) is 24.1 Å². The fraction of sp³-hybridized carbons (Fsp3) is 0.238. The average molecular weight is 447 g/mol. The molecule has 0 aliphatic rings. The molecular formula is C21H23ClN4O3S. The van der Waals surface area contributed by atoms with Crippen LogP contribution >= 0.6 is 11.6 Å². The number of aryl methyl sites for hydroxylation is 1. The Hall–Kier alpha value is -2.68. The van der Waals surface area contributed by atoms with E-state index >= 15 is 0 Å². The SMILES string of the molecule is CCc1ccc(NC(=O)c2cnn(-c3ccc(Cl)cc3)c2C(C)C)cc1S(N)(=O)=O. The molecular weight excluding hydrogens is 424 g/mol. The molecule has 1 heterocycles. The van der Waals surface area contributed by atoms with Crippen molar-refractivity contribution >= 4 is 33.2 Å². The zero-order valence-corrected chi connectivity index (χ0v) is 18.5. The Bertz CT molecular complexity index is 1190. The maximum absolute atomic E-state index is 13.0. The van der Waals surface area contributed by atoms with Crippen molar-refractivity contribution < 1.29 is 13.2 Å². The van der Waals surface area contributed by atoms with Gasteiger partial charge >= 0.3 is 0 Å². The number of primary sulfonamides is 1. The molecule has 0 aliphatic carbocycles. The second kappa shape index (κ2) is 8.59. The van der Waals surface area contributed by atoms with E-state index in [4.69, 9.17) is 16.7 Å². The first-order valence-corrected chi connectivity index (χ1v) is 11.3. The summed E-state index contributed by atoms with van der Waals surface area (Å²) < 4.78 is 25.5. The van der Waals surface area contributed by atoms with Crippen molar-refractivity contribution in [2.45, 2.75) is 38.0 Å². The molecule has 30 heavy (non-hydrogen) atoms. The van der Waals surface area contributed by atoms with Crippen LogP contribution in [0, 0.1) is 0 Å². The highest BCUT2D eigenvalue weighted by Gasteiger charge is 2.22. The molecule has 0 atom stereocenters. The van der Waals surface area contributed by atoms with E-state index in [0.717, 1.165) is 11.4 Å². The van der Waals surface area contributed by atoms with Gasteiger partial charge in [0, 0.05) is 10.7 Å². The van der Waals surface area contributed by atoms with Crippen molar-refractivity contribution in [3.05, 3.63) is 70.5 Å². The quantitative estimate of drug-likeness (QED) is 0.594. The van der Waals surface area contributed by atoms with Crippen molar-refractivity contribution in [3.63, 3.8) is 0 Å². The molecule has 2 aromatic carbocycles. The predicted molar refractivity (Wildman–Crippen MR) is 118 cm³/mol. The van der Waals surface area contributed by atoms with Gasteiger partial charge < -0.3 is 5.32 Å². The second-order valence-electron chi connectivity index (χ2n) is 7.16. The number of benzene rings is 2. The van der Waals surface area contributed by atoms with Crippen LogP contribution in [0.2, 0.25) is 5.02 Å². The Balaban J connectivity index is 1.97. The molecule has 1 aromatic heterocycles. The fourth-order valence-electron chi connectivity index (χ4n) is 3.26. The minimum absolute atomic E-state index is 0.00347. The maximum Gasteiger partial charge on any atom is 0.259 e. The number of amides is 1. The number of aromatic nitrogens is 2.